The number of carbonyl (C=O) groups excluding carboxylic acids is 4. The van der Waals surface area contributed by atoms with Crippen molar-refractivity contribution in [2.75, 3.05) is 39.6 Å². The molecule has 0 aromatic heterocycles. The Bertz CT molecular complexity index is 2710. The molecule has 5 atom stereocenters. The molecule has 0 aromatic rings. The van der Waals surface area contributed by atoms with E-state index in [4.69, 9.17) is 37.0 Å². The van der Waals surface area contributed by atoms with Crippen LogP contribution in [0.2, 0.25) is 0 Å². The number of carbonyl (C=O) groups is 4. The van der Waals surface area contributed by atoms with Crippen molar-refractivity contribution < 1.29 is 80.2 Å². The fourth-order valence-electron chi connectivity index (χ4n) is 10.4. The molecule has 0 spiro atoms. The lowest BCUT2D eigenvalue weighted by Crippen LogP contribution is -2.30. The average molecular weight is 1550 g/mol. The van der Waals surface area contributed by atoms with E-state index in [0.29, 0.717) is 32.1 Å². The number of esters is 4. The molecule has 0 aliphatic heterocycles. The minimum Gasteiger partial charge on any atom is -0.462 e. The number of phosphoric ester groups is 2. The van der Waals surface area contributed by atoms with Gasteiger partial charge in [0.15, 0.2) is 12.2 Å². The Morgan fingerprint density at radius 2 is 0.509 bits per heavy atom. The number of phosphoric acid groups is 2. The highest BCUT2D eigenvalue weighted by molar-refractivity contribution is 7.47. The van der Waals surface area contributed by atoms with Gasteiger partial charge in [0.1, 0.15) is 19.3 Å². The Morgan fingerprint density at radius 3 is 0.815 bits per heavy atom. The van der Waals surface area contributed by atoms with Gasteiger partial charge in [-0.2, -0.15) is 0 Å². The van der Waals surface area contributed by atoms with Crippen molar-refractivity contribution in [3.05, 3.63) is 170 Å². The van der Waals surface area contributed by atoms with Crippen molar-refractivity contribution in [3.63, 3.8) is 0 Å². The fraction of sp³-hybridized carbons (Fsp3) is 0.640. The number of hydrogen-bond donors (Lipinski definition) is 3. The minimum atomic E-state index is -5.01. The van der Waals surface area contributed by atoms with Crippen LogP contribution in [0.5, 0.6) is 0 Å². The summed E-state index contributed by atoms with van der Waals surface area (Å²) in [5, 5.41) is 10.7. The summed E-state index contributed by atoms with van der Waals surface area (Å²) in [6, 6.07) is 0. The fourth-order valence-corrected chi connectivity index (χ4v) is 12.0. The second kappa shape index (κ2) is 79.5. The summed E-state index contributed by atoms with van der Waals surface area (Å²) in [4.78, 5) is 73.1. The number of ether oxygens (including phenoxy) is 4. The van der Waals surface area contributed by atoms with E-state index in [9.17, 15) is 43.2 Å². The Kier molecular flexibility index (Phi) is 75.4. The van der Waals surface area contributed by atoms with E-state index < -0.39 is 97.5 Å². The third-order valence-corrected chi connectivity index (χ3v) is 18.5. The highest BCUT2D eigenvalue weighted by Gasteiger charge is 2.30. The number of hydrogen-bond acceptors (Lipinski definition) is 15. The zero-order chi connectivity index (χ0) is 78.9. The number of unbranched alkanes of at least 4 members (excludes halogenated alkanes) is 22. The van der Waals surface area contributed by atoms with Gasteiger partial charge in [-0.1, -0.05) is 288 Å². The lowest BCUT2D eigenvalue weighted by Gasteiger charge is -2.21. The first-order valence-electron chi connectivity index (χ1n) is 41.4. The van der Waals surface area contributed by atoms with Gasteiger partial charge < -0.3 is 33.8 Å². The lowest BCUT2D eigenvalue weighted by atomic mass is 10.1. The Balaban J connectivity index is 5.44. The number of rotatable bonds is 76. The average Bonchev–Trinajstić information content (AvgIpc) is 0.905. The molecular formula is C89H146O17P2. The van der Waals surface area contributed by atoms with E-state index in [1.807, 2.05) is 12.2 Å². The summed E-state index contributed by atoms with van der Waals surface area (Å²) in [5.74, 6) is -2.30. The smallest absolute Gasteiger partial charge is 0.462 e. The van der Waals surface area contributed by atoms with Crippen molar-refractivity contribution in [2.45, 2.75) is 329 Å². The first-order chi connectivity index (χ1) is 52.7. The monoisotopic (exact) mass is 1550 g/mol. The quantitative estimate of drug-likeness (QED) is 0.0169. The molecular weight excluding hydrogens is 1400 g/mol. The lowest BCUT2D eigenvalue weighted by molar-refractivity contribution is -0.161. The van der Waals surface area contributed by atoms with Crippen molar-refractivity contribution in [1.29, 1.82) is 0 Å². The predicted molar refractivity (Wildman–Crippen MR) is 445 cm³/mol. The van der Waals surface area contributed by atoms with Gasteiger partial charge in [-0.3, -0.25) is 37.3 Å². The van der Waals surface area contributed by atoms with Crippen LogP contribution < -0.4 is 0 Å². The molecule has 0 aliphatic carbocycles. The summed E-state index contributed by atoms with van der Waals surface area (Å²) in [7, 11) is -10.0. The summed E-state index contributed by atoms with van der Waals surface area (Å²) in [6.45, 7) is 4.44. The minimum absolute atomic E-state index is 0.00683. The Morgan fingerprint density at radius 1 is 0.269 bits per heavy atom. The highest BCUT2D eigenvalue weighted by Crippen LogP contribution is 2.45. The summed E-state index contributed by atoms with van der Waals surface area (Å²) in [5.41, 5.74) is 0. The van der Waals surface area contributed by atoms with Gasteiger partial charge in [-0.25, -0.2) is 9.13 Å². The van der Waals surface area contributed by atoms with Crippen molar-refractivity contribution in [1.82, 2.24) is 0 Å². The van der Waals surface area contributed by atoms with Crippen LogP contribution in [0.15, 0.2) is 170 Å². The van der Waals surface area contributed by atoms with E-state index >= 15 is 0 Å². The van der Waals surface area contributed by atoms with Gasteiger partial charge in [0.25, 0.3) is 0 Å². The van der Waals surface area contributed by atoms with Crippen molar-refractivity contribution in [2.24, 2.45) is 0 Å². The molecule has 614 valence electrons. The topological polar surface area (TPSA) is 237 Å². The number of allylic oxidation sites excluding steroid dienone is 28. The predicted octanol–water partition coefficient (Wildman–Crippen LogP) is 24.6. The molecule has 0 fully saturated rings. The van der Waals surface area contributed by atoms with Gasteiger partial charge in [0, 0.05) is 25.7 Å². The number of aliphatic hydroxyl groups excluding tert-OH is 1. The molecule has 5 unspecified atom stereocenters. The Hall–Kier alpha value is -5.58. The molecule has 0 aliphatic rings. The van der Waals surface area contributed by atoms with Crippen LogP contribution in [-0.2, 0) is 65.4 Å². The van der Waals surface area contributed by atoms with Crippen LogP contribution in [0.1, 0.15) is 310 Å². The van der Waals surface area contributed by atoms with E-state index in [0.717, 1.165) is 205 Å². The normalized spacial score (nSPS) is 14.7. The van der Waals surface area contributed by atoms with Crippen molar-refractivity contribution in [3.8, 4) is 0 Å². The van der Waals surface area contributed by atoms with Gasteiger partial charge >= 0.3 is 39.5 Å². The Labute approximate surface area is 654 Å². The molecule has 17 nitrogen and oxygen atoms in total. The summed E-state index contributed by atoms with van der Waals surface area (Å²) < 4.78 is 68.6. The second-order valence-corrected chi connectivity index (χ2v) is 29.8. The van der Waals surface area contributed by atoms with Crippen LogP contribution in [0.3, 0.4) is 0 Å². The molecule has 0 amide bonds. The van der Waals surface area contributed by atoms with E-state index in [1.54, 1.807) is 0 Å². The zero-order valence-electron chi connectivity index (χ0n) is 67.2. The molecule has 0 radical (unpaired) electrons. The zero-order valence-corrected chi connectivity index (χ0v) is 69.0. The van der Waals surface area contributed by atoms with Gasteiger partial charge in [0.05, 0.1) is 26.4 Å². The van der Waals surface area contributed by atoms with Gasteiger partial charge in [0.2, 0.25) is 0 Å². The highest BCUT2D eigenvalue weighted by atomic mass is 31.2. The van der Waals surface area contributed by atoms with Crippen LogP contribution >= 0.6 is 15.6 Å². The van der Waals surface area contributed by atoms with Gasteiger partial charge in [-0.15, -0.1) is 0 Å². The number of aliphatic hydroxyl groups is 1. The molecule has 3 N–H and O–H groups in total. The maximum atomic E-state index is 13.1. The van der Waals surface area contributed by atoms with Crippen LogP contribution in [0.4, 0.5) is 0 Å². The molecule has 0 saturated carbocycles. The van der Waals surface area contributed by atoms with E-state index in [2.05, 4.69) is 186 Å². The maximum Gasteiger partial charge on any atom is 0.472 e. The molecule has 0 bridgehead atoms. The van der Waals surface area contributed by atoms with Crippen LogP contribution in [0, 0.1) is 0 Å². The molecule has 0 heterocycles. The molecule has 0 saturated heterocycles. The largest absolute Gasteiger partial charge is 0.472 e. The third-order valence-electron chi connectivity index (χ3n) is 16.6. The first kappa shape index (κ1) is 102. The molecule has 0 aromatic carbocycles. The molecule has 108 heavy (non-hydrogen) atoms. The second-order valence-electron chi connectivity index (χ2n) is 26.9. The van der Waals surface area contributed by atoms with Crippen LogP contribution in [-0.4, -0.2) is 96.7 Å². The van der Waals surface area contributed by atoms with Crippen LogP contribution in [0.25, 0.3) is 0 Å². The maximum absolute atomic E-state index is 13.1. The SMILES string of the molecule is CC/C=C\C/C=C\C/C=C\C/C=C\C/C=C\CCCC(=O)OC(COC(=O)CCCCCCCC/C=C\C/C=C\C/C=C\C/C=C\CC)COP(=O)(O)OCC(O)COP(=O)(O)OCC(COC(=O)CCCCCCCC/C=C\C/C=C\C/C=C\CCCCC)OC(=O)CCCCCCC/C=C\C/C=C\CCC. The van der Waals surface area contributed by atoms with E-state index in [1.165, 1.54) is 19.3 Å². The third kappa shape index (κ3) is 78.5. The molecule has 0 rings (SSSR count). The standard InChI is InChI=1S/C89H146O17P2/c1-5-9-13-17-21-25-29-33-36-39-41-44-46-50-53-57-61-65-69-73-86(91)99-79-84(105-88(93)75-71-67-63-59-55-49-32-28-24-20-16-12-8-4)81-103-107(95,96)101-77-83(90)78-102-108(97,98)104-82-85(106-89(94)76-72-68-64-60-56-52-48-43-38-35-31-27-23-19-15-11-7-3)80-100-87(92)74-70-66-62-58-54-51-47-45-42-40-37-34-30-26-22-18-14-10-6-2/h10-11,14-16,20-23,25-28,32-38,41-42,44-45,48,52,60,64,83-85,90H,5-9,12-13,17-19,24,29-31,39-40,43,46-47,49-51,53-59,61-63,65-82H2,1-4H3,(H,95,96)(H,97,98)/b14-10-,15-11-,20-16-,25-21-,26-22-,27-23-,32-28-,36-33-,37-34-,38-35-,44-41-,45-42-,52-48-,64-60-. The van der Waals surface area contributed by atoms with Gasteiger partial charge in [-0.05, 0) is 167 Å². The molecule has 19 heteroatoms. The van der Waals surface area contributed by atoms with Crippen molar-refractivity contribution >= 4 is 39.5 Å². The van der Waals surface area contributed by atoms with E-state index in [-0.39, 0.29) is 25.7 Å². The summed E-state index contributed by atoms with van der Waals surface area (Å²) in [6.07, 6.45) is 94.7. The summed E-state index contributed by atoms with van der Waals surface area (Å²) >= 11 is 0. The first-order valence-corrected chi connectivity index (χ1v) is 44.4.